The Balaban J connectivity index is 3.87. The van der Waals surface area contributed by atoms with E-state index in [0.29, 0.717) is 26.2 Å². The van der Waals surface area contributed by atoms with Crippen LogP contribution in [-0.2, 0) is 14.2 Å². The second-order valence-electron chi connectivity index (χ2n) is 5.17. The van der Waals surface area contributed by atoms with Gasteiger partial charge in [0.1, 0.15) is 0 Å². The van der Waals surface area contributed by atoms with E-state index in [2.05, 4.69) is 0 Å². The lowest BCUT2D eigenvalue weighted by atomic mass is 10.1. The smallest absolute Gasteiger partial charge is 0.0860 e. The molecule has 0 aliphatic carbocycles. The van der Waals surface area contributed by atoms with Crippen molar-refractivity contribution in [2.45, 2.75) is 45.3 Å². The van der Waals surface area contributed by atoms with E-state index in [-0.39, 0.29) is 17.8 Å². The summed E-state index contributed by atoms with van der Waals surface area (Å²) >= 11 is 0. The van der Waals surface area contributed by atoms with Gasteiger partial charge in [-0.1, -0.05) is 0 Å². The van der Waals surface area contributed by atoms with Crippen LogP contribution >= 0.6 is 0 Å². The van der Waals surface area contributed by atoms with Crippen molar-refractivity contribution in [1.29, 1.82) is 0 Å². The summed E-state index contributed by atoms with van der Waals surface area (Å²) in [6.45, 7) is 9.71. The Morgan fingerprint density at radius 2 is 1.50 bits per heavy atom. The molecule has 0 aliphatic rings. The van der Waals surface area contributed by atoms with E-state index in [4.69, 9.17) is 19.3 Å². The van der Waals surface area contributed by atoms with E-state index in [1.54, 1.807) is 7.11 Å². The summed E-state index contributed by atoms with van der Waals surface area (Å²) in [5, 5.41) is 8.66. The fourth-order valence-corrected chi connectivity index (χ4v) is 1.21. The van der Waals surface area contributed by atoms with Crippen LogP contribution < -0.4 is 0 Å². The lowest BCUT2D eigenvalue weighted by Crippen LogP contribution is -2.39. The molecule has 4 nitrogen and oxygen atoms in total. The van der Waals surface area contributed by atoms with Gasteiger partial charge in [-0.2, -0.15) is 0 Å². The van der Waals surface area contributed by atoms with Crippen molar-refractivity contribution < 1.29 is 19.3 Å². The minimum atomic E-state index is -0.333. The summed E-state index contributed by atoms with van der Waals surface area (Å²) in [4.78, 5) is 0. The average molecular weight is 234 g/mol. The van der Waals surface area contributed by atoms with Gasteiger partial charge in [0.05, 0.1) is 24.4 Å². The molecule has 0 aliphatic heterocycles. The molecule has 4 heteroatoms. The van der Waals surface area contributed by atoms with Crippen LogP contribution in [0, 0.1) is 0 Å². The van der Waals surface area contributed by atoms with Crippen LogP contribution in [0.3, 0.4) is 0 Å². The maximum Gasteiger partial charge on any atom is 0.0860 e. The van der Waals surface area contributed by atoms with E-state index in [1.807, 2.05) is 27.7 Å². The zero-order valence-electron chi connectivity index (χ0n) is 11.2. The van der Waals surface area contributed by atoms with Gasteiger partial charge in [0, 0.05) is 20.3 Å². The van der Waals surface area contributed by atoms with E-state index < -0.39 is 0 Å². The van der Waals surface area contributed by atoms with Gasteiger partial charge in [0.2, 0.25) is 0 Å². The number of aliphatic hydroxyl groups is 1. The van der Waals surface area contributed by atoms with Crippen LogP contribution in [-0.4, -0.2) is 49.8 Å². The molecular weight excluding hydrogens is 208 g/mol. The Kier molecular flexibility index (Phi) is 7.15. The third-order valence-electron chi connectivity index (χ3n) is 2.10. The first-order chi connectivity index (χ1) is 7.33. The third-order valence-corrected chi connectivity index (χ3v) is 2.10. The van der Waals surface area contributed by atoms with Crippen LogP contribution in [0.4, 0.5) is 0 Å². The molecule has 0 spiro atoms. The zero-order valence-corrected chi connectivity index (χ0v) is 11.2. The normalized spacial score (nSPS) is 13.1. The Labute approximate surface area is 98.9 Å². The molecule has 16 heavy (non-hydrogen) atoms. The number of methoxy groups -OCH3 is 1. The van der Waals surface area contributed by atoms with Gasteiger partial charge in [0.25, 0.3) is 0 Å². The fraction of sp³-hybridized carbons (Fsp3) is 1.00. The fourth-order valence-electron chi connectivity index (χ4n) is 1.21. The summed E-state index contributed by atoms with van der Waals surface area (Å²) in [7, 11) is 1.66. The van der Waals surface area contributed by atoms with Crippen LogP contribution in [0.1, 0.15) is 34.1 Å². The van der Waals surface area contributed by atoms with Crippen molar-refractivity contribution >= 4 is 0 Å². The van der Waals surface area contributed by atoms with Crippen molar-refractivity contribution in [3.8, 4) is 0 Å². The predicted octanol–water partition coefficient (Wildman–Crippen LogP) is 1.61. The van der Waals surface area contributed by atoms with E-state index in [9.17, 15) is 0 Å². The summed E-state index contributed by atoms with van der Waals surface area (Å²) in [6, 6.07) is 0. The van der Waals surface area contributed by atoms with E-state index in [0.717, 1.165) is 0 Å². The standard InChI is InChI=1S/C12H26O4/c1-11(2,9-14-5)16-10-12(3,4)15-8-6-7-13/h13H,6-10H2,1-5H3. The summed E-state index contributed by atoms with van der Waals surface area (Å²) in [6.07, 6.45) is 0.658. The number of hydrogen-bond acceptors (Lipinski definition) is 4. The number of aliphatic hydroxyl groups excluding tert-OH is 1. The molecule has 0 aromatic rings. The van der Waals surface area contributed by atoms with E-state index in [1.165, 1.54) is 0 Å². The molecule has 0 saturated heterocycles. The summed E-state index contributed by atoms with van der Waals surface area (Å²) in [5.74, 6) is 0. The monoisotopic (exact) mass is 234 g/mol. The van der Waals surface area contributed by atoms with Gasteiger partial charge in [-0.05, 0) is 34.1 Å². The first-order valence-corrected chi connectivity index (χ1v) is 5.71. The Hall–Kier alpha value is -0.160. The first-order valence-electron chi connectivity index (χ1n) is 5.71. The molecule has 0 bridgehead atoms. The maximum absolute atomic E-state index is 8.66. The van der Waals surface area contributed by atoms with Crippen molar-refractivity contribution in [3.05, 3.63) is 0 Å². The molecule has 0 saturated carbocycles. The lowest BCUT2D eigenvalue weighted by molar-refractivity contribution is -0.136. The maximum atomic E-state index is 8.66. The SMILES string of the molecule is COCC(C)(C)OCC(C)(C)OCCCO. The zero-order chi connectivity index (χ0) is 12.7. The largest absolute Gasteiger partial charge is 0.396 e. The van der Waals surface area contributed by atoms with Gasteiger partial charge in [0.15, 0.2) is 0 Å². The molecule has 0 aromatic heterocycles. The van der Waals surface area contributed by atoms with Gasteiger partial charge in [-0.25, -0.2) is 0 Å². The Bertz CT molecular complexity index is 178. The Morgan fingerprint density at radius 1 is 0.938 bits per heavy atom. The number of hydrogen-bond donors (Lipinski definition) is 1. The lowest BCUT2D eigenvalue weighted by Gasteiger charge is -2.31. The molecule has 0 heterocycles. The highest BCUT2D eigenvalue weighted by molar-refractivity contribution is 4.73. The molecule has 0 fully saturated rings. The summed E-state index contributed by atoms with van der Waals surface area (Å²) < 4.78 is 16.4. The average Bonchev–Trinajstić information content (AvgIpc) is 2.16. The third kappa shape index (κ3) is 8.05. The first kappa shape index (κ1) is 15.8. The van der Waals surface area contributed by atoms with Crippen molar-refractivity contribution in [2.24, 2.45) is 0 Å². The van der Waals surface area contributed by atoms with Crippen LogP contribution in [0.5, 0.6) is 0 Å². The minimum Gasteiger partial charge on any atom is -0.396 e. The molecule has 98 valence electrons. The predicted molar refractivity (Wildman–Crippen MR) is 63.6 cm³/mol. The Morgan fingerprint density at radius 3 is 2.00 bits per heavy atom. The van der Waals surface area contributed by atoms with Crippen molar-refractivity contribution in [3.63, 3.8) is 0 Å². The molecule has 0 atom stereocenters. The molecule has 0 amide bonds. The van der Waals surface area contributed by atoms with Crippen LogP contribution in [0.2, 0.25) is 0 Å². The molecule has 1 N–H and O–H groups in total. The minimum absolute atomic E-state index is 0.159. The van der Waals surface area contributed by atoms with Crippen molar-refractivity contribution in [1.82, 2.24) is 0 Å². The quantitative estimate of drug-likeness (QED) is 0.616. The highest BCUT2D eigenvalue weighted by Gasteiger charge is 2.25. The van der Waals surface area contributed by atoms with Gasteiger partial charge < -0.3 is 19.3 Å². The molecule has 0 unspecified atom stereocenters. The van der Waals surface area contributed by atoms with E-state index >= 15 is 0 Å². The topological polar surface area (TPSA) is 47.9 Å². The highest BCUT2D eigenvalue weighted by atomic mass is 16.6. The van der Waals surface area contributed by atoms with Crippen molar-refractivity contribution in [2.75, 3.05) is 33.5 Å². The van der Waals surface area contributed by atoms with Gasteiger partial charge >= 0.3 is 0 Å². The molecular formula is C12H26O4. The second kappa shape index (κ2) is 7.22. The molecule has 0 aromatic carbocycles. The second-order valence-corrected chi connectivity index (χ2v) is 5.17. The number of rotatable bonds is 9. The highest BCUT2D eigenvalue weighted by Crippen LogP contribution is 2.16. The molecule has 0 rings (SSSR count). The van der Waals surface area contributed by atoms with Crippen LogP contribution in [0.15, 0.2) is 0 Å². The van der Waals surface area contributed by atoms with Crippen LogP contribution in [0.25, 0.3) is 0 Å². The molecule has 0 radical (unpaired) electrons. The van der Waals surface area contributed by atoms with Gasteiger partial charge in [-0.15, -0.1) is 0 Å². The number of ether oxygens (including phenoxy) is 3. The summed E-state index contributed by atoms with van der Waals surface area (Å²) in [5.41, 5.74) is -0.632. The van der Waals surface area contributed by atoms with Gasteiger partial charge in [-0.3, -0.25) is 0 Å².